The molecule has 0 fully saturated rings. The predicted octanol–water partition coefficient (Wildman–Crippen LogP) is 4.09. The number of para-hydroxylation sites is 2. The van der Waals surface area contributed by atoms with Crippen LogP contribution in [-0.2, 0) is 11.3 Å². The van der Waals surface area contributed by atoms with Gasteiger partial charge in [-0.2, -0.15) is 0 Å². The lowest BCUT2D eigenvalue weighted by atomic mass is 10.1. The Balaban J connectivity index is 1.86. The van der Waals surface area contributed by atoms with Crippen LogP contribution in [0.2, 0.25) is 0 Å². The van der Waals surface area contributed by atoms with Crippen molar-refractivity contribution in [2.75, 3.05) is 13.6 Å². The monoisotopic (exact) mass is 406 g/mol. The molecule has 158 valence electrons. The van der Waals surface area contributed by atoms with Crippen LogP contribution in [-0.4, -0.2) is 39.9 Å². The molecule has 0 bridgehead atoms. The first-order chi connectivity index (χ1) is 14.4. The molecule has 0 aliphatic carbocycles. The van der Waals surface area contributed by atoms with Gasteiger partial charge in [0.25, 0.3) is 5.91 Å². The van der Waals surface area contributed by atoms with E-state index in [1.165, 1.54) is 0 Å². The van der Waals surface area contributed by atoms with E-state index in [-0.39, 0.29) is 24.4 Å². The molecule has 1 heterocycles. The Bertz CT molecular complexity index is 1040. The van der Waals surface area contributed by atoms with Gasteiger partial charge in [0.2, 0.25) is 5.91 Å². The summed E-state index contributed by atoms with van der Waals surface area (Å²) in [5.74, 6) is 0.552. The van der Waals surface area contributed by atoms with E-state index in [0.717, 1.165) is 36.0 Å². The number of hydrogen-bond acceptors (Lipinski definition) is 3. The largest absolute Gasteiger partial charge is 0.344 e. The molecule has 1 N–H and O–H groups in total. The van der Waals surface area contributed by atoms with Gasteiger partial charge in [-0.25, -0.2) is 4.98 Å². The topological polar surface area (TPSA) is 67.2 Å². The average Bonchev–Trinajstić information content (AvgIpc) is 3.10. The first kappa shape index (κ1) is 21.6. The number of aryl methyl sites for hydroxylation is 1. The second-order valence-corrected chi connectivity index (χ2v) is 7.78. The van der Waals surface area contributed by atoms with Crippen LogP contribution in [0, 0.1) is 6.92 Å². The van der Waals surface area contributed by atoms with Gasteiger partial charge < -0.3 is 14.8 Å². The van der Waals surface area contributed by atoms with E-state index in [0.29, 0.717) is 11.4 Å². The molecule has 6 heteroatoms. The van der Waals surface area contributed by atoms with Crippen molar-refractivity contribution in [1.82, 2.24) is 19.8 Å². The summed E-state index contributed by atoms with van der Waals surface area (Å²) in [6.07, 6.45) is 2.02. The quantitative estimate of drug-likeness (QED) is 0.613. The van der Waals surface area contributed by atoms with Crippen LogP contribution in [0.4, 0.5) is 0 Å². The van der Waals surface area contributed by atoms with Gasteiger partial charge in [0.1, 0.15) is 12.4 Å². The highest BCUT2D eigenvalue weighted by molar-refractivity contribution is 5.94. The van der Waals surface area contributed by atoms with Crippen LogP contribution in [0.3, 0.4) is 0 Å². The van der Waals surface area contributed by atoms with Crippen molar-refractivity contribution in [1.29, 1.82) is 0 Å². The minimum Gasteiger partial charge on any atom is -0.344 e. The summed E-state index contributed by atoms with van der Waals surface area (Å²) in [5.41, 5.74) is 3.35. The Kier molecular flexibility index (Phi) is 6.87. The lowest BCUT2D eigenvalue weighted by Crippen LogP contribution is -2.33. The number of likely N-dealkylation sites (N-methyl/N-ethyl adjacent to an activating group) is 1. The Morgan fingerprint density at radius 3 is 2.67 bits per heavy atom. The van der Waals surface area contributed by atoms with Crippen LogP contribution in [0.25, 0.3) is 11.0 Å². The number of nitrogens with one attached hydrogen (secondary N) is 1. The normalized spacial score (nSPS) is 12.0. The molecule has 30 heavy (non-hydrogen) atoms. The highest BCUT2D eigenvalue weighted by atomic mass is 16.2. The molecular formula is C24H30N4O2. The molecule has 0 radical (unpaired) electrons. The van der Waals surface area contributed by atoms with Gasteiger partial charge in [0, 0.05) is 19.2 Å². The average molecular weight is 407 g/mol. The van der Waals surface area contributed by atoms with E-state index in [1.54, 1.807) is 11.0 Å². The number of carbonyl (C=O) groups excluding carboxylic acids is 2. The van der Waals surface area contributed by atoms with E-state index in [9.17, 15) is 9.59 Å². The van der Waals surface area contributed by atoms with Crippen molar-refractivity contribution < 1.29 is 9.59 Å². The number of aromatic nitrogens is 2. The number of hydrogen-bond donors (Lipinski definition) is 1. The SMILES string of the molecule is CCCCN(C)C(=O)Cn1c(C(C)NC(=O)c2cccc(C)c2)nc2ccccc21. The highest BCUT2D eigenvalue weighted by Gasteiger charge is 2.21. The minimum atomic E-state index is -0.348. The zero-order valence-electron chi connectivity index (χ0n) is 18.2. The van der Waals surface area contributed by atoms with E-state index in [1.807, 2.05) is 67.9 Å². The van der Waals surface area contributed by atoms with Crippen LogP contribution in [0.5, 0.6) is 0 Å². The zero-order valence-corrected chi connectivity index (χ0v) is 18.2. The third-order valence-corrected chi connectivity index (χ3v) is 5.27. The lowest BCUT2D eigenvalue weighted by Gasteiger charge is -2.20. The number of amides is 2. The van der Waals surface area contributed by atoms with Crippen molar-refractivity contribution in [2.24, 2.45) is 0 Å². The molecule has 3 rings (SSSR count). The predicted molar refractivity (Wildman–Crippen MR) is 119 cm³/mol. The third-order valence-electron chi connectivity index (χ3n) is 5.27. The number of imidazole rings is 1. The summed E-state index contributed by atoms with van der Waals surface area (Å²) < 4.78 is 1.92. The summed E-state index contributed by atoms with van der Waals surface area (Å²) in [6.45, 7) is 6.90. The first-order valence-corrected chi connectivity index (χ1v) is 10.5. The van der Waals surface area contributed by atoms with Gasteiger partial charge in [-0.1, -0.05) is 43.2 Å². The molecule has 1 unspecified atom stereocenters. The fraction of sp³-hybridized carbons (Fsp3) is 0.375. The Labute approximate surface area is 177 Å². The van der Waals surface area contributed by atoms with Gasteiger partial charge in [-0.05, 0) is 44.5 Å². The summed E-state index contributed by atoms with van der Waals surface area (Å²) in [7, 11) is 1.83. The van der Waals surface area contributed by atoms with E-state index in [4.69, 9.17) is 4.98 Å². The van der Waals surface area contributed by atoms with Crippen LogP contribution in [0.15, 0.2) is 48.5 Å². The van der Waals surface area contributed by atoms with Crippen molar-refractivity contribution in [2.45, 2.75) is 46.2 Å². The maximum Gasteiger partial charge on any atom is 0.251 e. The fourth-order valence-electron chi connectivity index (χ4n) is 3.50. The number of nitrogens with zero attached hydrogens (tertiary/aromatic N) is 3. The van der Waals surface area contributed by atoms with E-state index in [2.05, 4.69) is 12.2 Å². The smallest absolute Gasteiger partial charge is 0.251 e. The molecule has 1 atom stereocenters. The molecule has 0 spiro atoms. The van der Waals surface area contributed by atoms with Gasteiger partial charge in [0.15, 0.2) is 0 Å². The molecule has 3 aromatic rings. The summed E-state index contributed by atoms with van der Waals surface area (Å²) in [5, 5.41) is 3.03. The second kappa shape index (κ2) is 9.57. The summed E-state index contributed by atoms with van der Waals surface area (Å²) >= 11 is 0. The number of rotatable bonds is 8. The second-order valence-electron chi connectivity index (χ2n) is 7.78. The van der Waals surface area contributed by atoms with Crippen LogP contribution < -0.4 is 5.32 Å². The number of carbonyl (C=O) groups is 2. The number of benzene rings is 2. The first-order valence-electron chi connectivity index (χ1n) is 10.5. The molecule has 2 amide bonds. The van der Waals surface area contributed by atoms with Gasteiger partial charge in [-0.3, -0.25) is 9.59 Å². The number of fused-ring (bicyclic) bond motifs is 1. The van der Waals surface area contributed by atoms with Gasteiger partial charge in [0.05, 0.1) is 17.1 Å². The van der Waals surface area contributed by atoms with E-state index >= 15 is 0 Å². The van der Waals surface area contributed by atoms with Gasteiger partial charge >= 0.3 is 0 Å². The molecular weight excluding hydrogens is 376 g/mol. The molecule has 0 saturated carbocycles. The molecule has 1 aromatic heterocycles. The summed E-state index contributed by atoms with van der Waals surface area (Å²) in [6, 6.07) is 14.9. The molecule has 0 saturated heterocycles. The molecule has 6 nitrogen and oxygen atoms in total. The minimum absolute atomic E-state index is 0.0325. The summed E-state index contributed by atoms with van der Waals surface area (Å²) in [4.78, 5) is 32.0. The standard InChI is InChI=1S/C24H30N4O2/c1-5-6-14-27(4)22(29)16-28-21-13-8-7-12-20(21)26-23(28)18(3)25-24(30)19-11-9-10-17(2)15-19/h7-13,15,18H,5-6,14,16H2,1-4H3,(H,25,30). The van der Waals surface area contributed by atoms with E-state index < -0.39 is 0 Å². The molecule has 2 aromatic carbocycles. The van der Waals surface area contributed by atoms with Crippen molar-refractivity contribution in [3.05, 3.63) is 65.5 Å². The van der Waals surface area contributed by atoms with Crippen LogP contribution in [0.1, 0.15) is 54.5 Å². The fourth-order valence-corrected chi connectivity index (χ4v) is 3.50. The van der Waals surface area contributed by atoms with Crippen molar-refractivity contribution in [3.63, 3.8) is 0 Å². The Morgan fingerprint density at radius 1 is 1.17 bits per heavy atom. The maximum absolute atomic E-state index is 12.8. The zero-order chi connectivity index (χ0) is 21.7. The van der Waals surface area contributed by atoms with Crippen molar-refractivity contribution >= 4 is 22.8 Å². The maximum atomic E-state index is 12.8. The highest BCUT2D eigenvalue weighted by Crippen LogP contribution is 2.21. The molecule has 0 aliphatic heterocycles. The molecule has 0 aliphatic rings. The number of unbranched alkanes of at least 4 members (excludes halogenated alkanes) is 1. The van der Waals surface area contributed by atoms with Crippen LogP contribution >= 0.6 is 0 Å². The third kappa shape index (κ3) is 4.87. The lowest BCUT2D eigenvalue weighted by molar-refractivity contribution is -0.130. The van der Waals surface area contributed by atoms with Crippen molar-refractivity contribution in [3.8, 4) is 0 Å². The Morgan fingerprint density at radius 2 is 1.93 bits per heavy atom. The van der Waals surface area contributed by atoms with Gasteiger partial charge in [-0.15, -0.1) is 0 Å². The Hall–Kier alpha value is -3.15.